The van der Waals surface area contributed by atoms with Gasteiger partial charge in [-0.05, 0) is 12.8 Å². The van der Waals surface area contributed by atoms with Crippen LogP contribution in [0.5, 0.6) is 0 Å². The molecular formula is C40H56N2O16. The maximum atomic E-state index is 12.4. The van der Waals surface area contributed by atoms with Gasteiger partial charge in [-0.1, -0.05) is 78.0 Å². The molecule has 322 valence electrons. The highest BCUT2D eigenvalue weighted by Crippen LogP contribution is 2.23. The normalized spacial score (nSPS) is 10.6. The second-order valence-corrected chi connectivity index (χ2v) is 12.7. The minimum atomic E-state index is -1.43. The van der Waals surface area contributed by atoms with E-state index in [0.29, 0.717) is 25.9 Å². The van der Waals surface area contributed by atoms with Crippen LogP contribution in [-0.2, 0) is 66.7 Å². The molecule has 0 bridgehead atoms. The number of carbonyl (C=O) groups excluding carboxylic acids is 8. The van der Waals surface area contributed by atoms with Crippen LogP contribution in [0.15, 0.2) is 75.9 Å². The van der Waals surface area contributed by atoms with E-state index in [-0.39, 0.29) is 0 Å². The number of hydrogen-bond acceptors (Lipinski definition) is 16. The predicted octanol–water partition coefficient (Wildman–Crippen LogP) is 3.91. The topological polar surface area (TPSA) is 234 Å². The Morgan fingerprint density at radius 1 is 0.328 bits per heavy atom. The summed E-state index contributed by atoms with van der Waals surface area (Å²) in [7, 11) is 0. The first-order valence-corrected chi connectivity index (χ1v) is 18.3. The van der Waals surface area contributed by atoms with Crippen LogP contribution >= 0.6 is 0 Å². The Labute approximate surface area is 338 Å². The summed E-state index contributed by atoms with van der Waals surface area (Å²) >= 11 is 0. The van der Waals surface area contributed by atoms with Gasteiger partial charge in [-0.25, -0.2) is 38.4 Å². The number of nitrogens with one attached hydrogen (secondary N) is 2. The summed E-state index contributed by atoms with van der Waals surface area (Å²) in [6.07, 6.45) is 10.7. The molecule has 0 aromatic rings. The Morgan fingerprint density at radius 3 is 0.724 bits per heavy atom. The van der Waals surface area contributed by atoms with Crippen molar-refractivity contribution in [1.29, 1.82) is 0 Å². The number of alkyl carbamates (subject to hydrolysis) is 2. The van der Waals surface area contributed by atoms with Gasteiger partial charge in [0.05, 0.1) is 0 Å². The number of esters is 6. The highest BCUT2D eigenvalue weighted by Gasteiger charge is 2.39. The zero-order valence-corrected chi connectivity index (χ0v) is 33.0. The van der Waals surface area contributed by atoms with E-state index in [0.717, 1.165) is 75.0 Å². The minimum Gasteiger partial charge on any atom is -0.462 e. The molecule has 58 heavy (non-hydrogen) atoms. The summed E-state index contributed by atoms with van der Waals surface area (Å²) in [5, 5.41) is 5.25. The average molecular weight is 821 g/mol. The molecule has 0 aromatic heterocycles. The van der Waals surface area contributed by atoms with E-state index >= 15 is 0 Å². The van der Waals surface area contributed by atoms with Crippen LogP contribution in [0.4, 0.5) is 9.59 Å². The van der Waals surface area contributed by atoms with Crippen LogP contribution in [0.1, 0.15) is 51.4 Å². The third-order valence-electron chi connectivity index (χ3n) is 7.78. The van der Waals surface area contributed by atoms with Crippen LogP contribution in [0, 0.1) is 10.8 Å². The maximum absolute atomic E-state index is 12.4. The van der Waals surface area contributed by atoms with Crippen LogP contribution in [0.2, 0.25) is 0 Å². The van der Waals surface area contributed by atoms with E-state index in [2.05, 4.69) is 50.1 Å². The molecule has 0 fully saturated rings. The molecule has 18 heteroatoms. The molecule has 0 atom stereocenters. The number of rotatable bonds is 33. The van der Waals surface area contributed by atoms with Gasteiger partial charge in [0.25, 0.3) is 0 Å². The van der Waals surface area contributed by atoms with Crippen molar-refractivity contribution in [3.05, 3.63) is 75.9 Å². The first kappa shape index (κ1) is 51.8. The first-order valence-electron chi connectivity index (χ1n) is 18.3. The van der Waals surface area contributed by atoms with Gasteiger partial charge in [0.15, 0.2) is 0 Å². The fourth-order valence-corrected chi connectivity index (χ4v) is 4.43. The Kier molecular flexibility index (Phi) is 27.6. The number of hydrogen-bond donors (Lipinski definition) is 2. The maximum Gasteiger partial charge on any atom is 0.407 e. The van der Waals surface area contributed by atoms with Crippen molar-refractivity contribution in [3.8, 4) is 0 Å². The van der Waals surface area contributed by atoms with Crippen LogP contribution in [-0.4, -0.2) is 114 Å². The van der Waals surface area contributed by atoms with E-state index in [1.54, 1.807) is 0 Å². The number of unbranched alkanes of at least 4 members (excludes halogenated alkanes) is 7. The second kappa shape index (κ2) is 31.0. The number of amides is 2. The second-order valence-electron chi connectivity index (χ2n) is 12.7. The van der Waals surface area contributed by atoms with Crippen molar-refractivity contribution >= 4 is 48.0 Å². The standard InChI is InChI=1S/C40H56N2O16/c1-7-31(43)51-23-39(24-52-32(44)8-2,25-53-33(45)9-3)29-57-37(49)41-21-19-17-15-13-14-16-18-20-22-42-38(50)58-30-40(26-54-34(46)10-4,27-55-35(47)11-5)28-56-36(48)12-6/h7-12H,1-6,13-30H2,(H,41,49)(H,42,50). The van der Waals surface area contributed by atoms with Crippen molar-refractivity contribution in [1.82, 2.24) is 10.6 Å². The van der Waals surface area contributed by atoms with Gasteiger partial charge in [0.2, 0.25) is 0 Å². The average Bonchev–Trinajstić information content (AvgIpc) is 3.24. The summed E-state index contributed by atoms with van der Waals surface area (Å²) in [5.74, 6) is -4.77. The van der Waals surface area contributed by atoms with Crippen molar-refractivity contribution in [2.45, 2.75) is 51.4 Å². The fourth-order valence-electron chi connectivity index (χ4n) is 4.43. The Balaban J connectivity index is 4.64. The number of ether oxygens (including phenoxy) is 8. The highest BCUT2D eigenvalue weighted by molar-refractivity contribution is 5.83. The predicted molar refractivity (Wildman–Crippen MR) is 207 cm³/mol. The molecule has 0 radical (unpaired) electrons. The third-order valence-corrected chi connectivity index (χ3v) is 7.78. The Hall–Kier alpha value is -6.20. The molecule has 18 nitrogen and oxygen atoms in total. The lowest BCUT2D eigenvalue weighted by Crippen LogP contribution is -2.44. The van der Waals surface area contributed by atoms with Crippen LogP contribution in [0.3, 0.4) is 0 Å². The first-order chi connectivity index (χ1) is 27.7. The Bertz CT molecular complexity index is 1210. The molecule has 0 aliphatic carbocycles. The SMILES string of the molecule is C=CC(=O)OCC(COC(=O)C=C)(COC(=O)C=C)COC(=O)NCCCCCCCCCCNC(=O)OCC(COC(=O)C=C)(COC(=O)C=C)COC(=O)C=C. The molecule has 0 heterocycles. The largest absolute Gasteiger partial charge is 0.462 e. The summed E-state index contributed by atoms with van der Waals surface area (Å²) in [6.45, 7) is 17.1. The van der Waals surface area contributed by atoms with E-state index < -0.39 is 112 Å². The molecule has 0 aromatic carbocycles. The molecule has 0 saturated heterocycles. The van der Waals surface area contributed by atoms with Gasteiger partial charge in [-0.2, -0.15) is 0 Å². The van der Waals surface area contributed by atoms with Gasteiger partial charge in [0, 0.05) is 49.5 Å². The fraction of sp³-hybridized carbons (Fsp3) is 0.500. The van der Waals surface area contributed by atoms with Crippen molar-refractivity contribution in [2.75, 3.05) is 65.9 Å². The van der Waals surface area contributed by atoms with Gasteiger partial charge in [0.1, 0.15) is 63.7 Å². The lowest BCUT2D eigenvalue weighted by molar-refractivity contribution is -0.161. The van der Waals surface area contributed by atoms with Crippen molar-refractivity contribution in [2.24, 2.45) is 10.8 Å². The zero-order chi connectivity index (χ0) is 43.7. The quantitative estimate of drug-likeness (QED) is 0.0413. The summed E-state index contributed by atoms with van der Waals surface area (Å²) in [4.78, 5) is 95.2. The molecule has 2 amide bonds. The number of carbonyl (C=O) groups is 8. The van der Waals surface area contributed by atoms with Crippen molar-refractivity contribution in [3.63, 3.8) is 0 Å². The van der Waals surface area contributed by atoms with Gasteiger partial charge in [-0.15, -0.1) is 0 Å². The molecule has 2 N–H and O–H groups in total. The summed E-state index contributed by atoms with van der Waals surface area (Å²) < 4.78 is 41.2. The molecule has 0 saturated carbocycles. The minimum absolute atomic E-state index is 0.316. The smallest absolute Gasteiger partial charge is 0.407 e. The monoisotopic (exact) mass is 820 g/mol. The zero-order valence-electron chi connectivity index (χ0n) is 33.0. The van der Waals surface area contributed by atoms with E-state index in [9.17, 15) is 38.4 Å². The Morgan fingerprint density at radius 2 is 0.517 bits per heavy atom. The third kappa shape index (κ3) is 25.1. The summed E-state index contributed by atoms with van der Waals surface area (Å²) in [5.41, 5.74) is -2.86. The molecule has 0 aliphatic rings. The van der Waals surface area contributed by atoms with Crippen molar-refractivity contribution < 1.29 is 76.3 Å². The molecule has 0 unspecified atom stereocenters. The lowest BCUT2D eigenvalue weighted by Gasteiger charge is -2.31. The van der Waals surface area contributed by atoms with Crippen LogP contribution < -0.4 is 10.6 Å². The highest BCUT2D eigenvalue weighted by atomic mass is 16.6. The van der Waals surface area contributed by atoms with E-state index in [4.69, 9.17) is 37.9 Å². The van der Waals surface area contributed by atoms with Gasteiger partial charge in [-0.3, -0.25) is 0 Å². The molecule has 0 aliphatic heterocycles. The molecule has 0 spiro atoms. The molecule has 0 rings (SSSR count). The van der Waals surface area contributed by atoms with E-state index in [1.807, 2.05) is 0 Å². The molecular weight excluding hydrogens is 764 g/mol. The van der Waals surface area contributed by atoms with Gasteiger partial charge >= 0.3 is 48.0 Å². The van der Waals surface area contributed by atoms with Gasteiger partial charge < -0.3 is 48.5 Å². The lowest BCUT2D eigenvalue weighted by atomic mass is 9.92. The van der Waals surface area contributed by atoms with Crippen LogP contribution in [0.25, 0.3) is 0 Å². The summed E-state index contributed by atoms with van der Waals surface area (Å²) in [6, 6.07) is 0. The van der Waals surface area contributed by atoms with E-state index in [1.165, 1.54) is 0 Å².